The Bertz CT molecular complexity index is 315. The molecule has 0 aliphatic heterocycles. The molecule has 0 aromatic heterocycles. The Balaban J connectivity index is 2.53. The van der Waals surface area contributed by atoms with Gasteiger partial charge in [-0.15, -0.1) is 0 Å². The quantitative estimate of drug-likeness (QED) is 0.780. The number of nitrogens with one attached hydrogen (secondary N) is 1. The summed E-state index contributed by atoms with van der Waals surface area (Å²) in [5, 5.41) is 2.73. The summed E-state index contributed by atoms with van der Waals surface area (Å²) in [6.45, 7) is 8.64. The lowest BCUT2D eigenvalue weighted by Crippen LogP contribution is -2.42. The lowest BCUT2D eigenvalue weighted by molar-refractivity contribution is -0.144. The minimum atomic E-state index is -0.360. The van der Waals surface area contributed by atoms with Crippen molar-refractivity contribution in [2.24, 2.45) is 23.7 Å². The summed E-state index contributed by atoms with van der Waals surface area (Å²) in [5.74, 6) is 1.22. The smallest absolute Gasteiger partial charge is 0.325 e. The molecule has 0 spiro atoms. The van der Waals surface area contributed by atoms with Crippen LogP contribution in [0.4, 0.5) is 0 Å². The number of hydrogen-bond donors (Lipinski definition) is 1. The van der Waals surface area contributed by atoms with Gasteiger partial charge in [-0.3, -0.25) is 9.59 Å². The third-order valence-electron chi connectivity index (χ3n) is 4.07. The maximum atomic E-state index is 12.2. The molecule has 1 fully saturated rings. The SMILES string of the molecule is CCOC(=O)CNC(=O)[C@@H]1C[C@H](C)CCC1C(C)C. The third-order valence-corrected chi connectivity index (χ3v) is 4.07. The van der Waals surface area contributed by atoms with Crippen molar-refractivity contribution in [2.45, 2.75) is 47.0 Å². The molecule has 3 atom stereocenters. The van der Waals surface area contributed by atoms with E-state index in [0.29, 0.717) is 24.4 Å². The van der Waals surface area contributed by atoms with Crippen molar-refractivity contribution in [3.63, 3.8) is 0 Å². The lowest BCUT2D eigenvalue weighted by atomic mass is 9.70. The third kappa shape index (κ3) is 4.84. The molecule has 1 N–H and O–H groups in total. The number of esters is 1. The van der Waals surface area contributed by atoms with E-state index >= 15 is 0 Å². The lowest BCUT2D eigenvalue weighted by Gasteiger charge is -2.36. The highest BCUT2D eigenvalue weighted by Gasteiger charge is 2.35. The molecule has 0 saturated heterocycles. The number of amides is 1. The molecule has 110 valence electrons. The minimum absolute atomic E-state index is 0.0115. The maximum absolute atomic E-state index is 12.2. The van der Waals surface area contributed by atoms with E-state index in [-0.39, 0.29) is 24.3 Å². The van der Waals surface area contributed by atoms with Gasteiger partial charge in [-0.25, -0.2) is 0 Å². The zero-order chi connectivity index (χ0) is 14.4. The summed E-state index contributed by atoms with van der Waals surface area (Å²) in [6, 6.07) is 0. The van der Waals surface area contributed by atoms with E-state index in [1.807, 2.05) is 0 Å². The van der Waals surface area contributed by atoms with E-state index in [9.17, 15) is 9.59 Å². The van der Waals surface area contributed by atoms with Crippen LogP contribution in [0, 0.1) is 23.7 Å². The zero-order valence-electron chi connectivity index (χ0n) is 12.6. The van der Waals surface area contributed by atoms with Gasteiger partial charge >= 0.3 is 5.97 Å². The molecule has 0 bridgehead atoms. The molecule has 1 saturated carbocycles. The highest BCUT2D eigenvalue weighted by Crippen LogP contribution is 2.37. The first-order valence-corrected chi connectivity index (χ1v) is 7.39. The van der Waals surface area contributed by atoms with Gasteiger partial charge in [-0.2, -0.15) is 0 Å². The van der Waals surface area contributed by atoms with Crippen molar-refractivity contribution in [1.82, 2.24) is 5.32 Å². The molecule has 0 radical (unpaired) electrons. The van der Waals surface area contributed by atoms with Gasteiger partial charge in [0.2, 0.25) is 5.91 Å². The molecule has 1 amide bonds. The molecule has 0 aromatic rings. The summed E-state index contributed by atoms with van der Waals surface area (Å²) in [6.07, 6.45) is 3.23. The van der Waals surface area contributed by atoms with E-state index in [0.717, 1.165) is 12.8 Å². The zero-order valence-corrected chi connectivity index (χ0v) is 12.6. The fourth-order valence-electron chi connectivity index (χ4n) is 3.01. The molecule has 1 rings (SSSR count). The summed E-state index contributed by atoms with van der Waals surface area (Å²) in [4.78, 5) is 23.5. The Morgan fingerprint density at radius 2 is 2.00 bits per heavy atom. The first-order chi connectivity index (χ1) is 8.95. The predicted octanol–water partition coefficient (Wildman–Crippen LogP) is 2.37. The topological polar surface area (TPSA) is 55.4 Å². The van der Waals surface area contributed by atoms with E-state index in [1.54, 1.807) is 6.92 Å². The summed E-state index contributed by atoms with van der Waals surface area (Å²) in [7, 11) is 0. The molecule has 1 aliphatic carbocycles. The van der Waals surface area contributed by atoms with Crippen molar-refractivity contribution in [1.29, 1.82) is 0 Å². The van der Waals surface area contributed by atoms with Crippen LogP contribution >= 0.6 is 0 Å². The number of carbonyl (C=O) groups is 2. The highest BCUT2D eigenvalue weighted by atomic mass is 16.5. The normalized spacial score (nSPS) is 27.1. The van der Waals surface area contributed by atoms with Crippen molar-refractivity contribution in [3.05, 3.63) is 0 Å². The van der Waals surface area contributed by atoms with Crippen LogP contribution in [0.2, 0.25) is 0 Å². The molecule has 0 heterocycles. The second kappa shape index (κ2) is 7.51. The van der Waals surface area contributed by atoms with Crippen molar-refractivity contribution in [2.75, 3.05) is 13.2 Å². The average molecular weight is 269 g/mol. The highest BCUT2D eigenvalue weighted by molar-refractivity contribution is 5.83. The second-order valence-electron chi connectivity index (χ2n) is 5.96. The summed E-state index contributed by atoms with van der Waals surface area (Å²) >= 11 is 0. The molecule has 4 nitrogen and oxygen atoms in total. The summed E-state index contributed by atoms with van der Waals surface area (Å²) in [5.41, 5.74) is 0. The van der Waals surface area contributed by atoms with Gasteiger partial charge < -0.3 is 10.1 Å². The molecule has 19 heavy (non-hydrogen) atoms. The van der Waals surface area contributed by atoms with Gasteiger partial charge in [0.15, 0.2) is 0 Å². The van der Waals surface area contributed by atoms with Gasteiger partial charge in [0, 0.05) is 5.92 Å². The Morgan fingerprint density at radius 1 is 1.32 bits per heavy atom. The van der Waals surface area contributed by atoms with Gasteiger partial charge in [-0.05, 0) is 37.5 Å². The monoisotopic (exact) mass is 269 g/mol. The van der Waals surface area contributed by atoms with E-state index < -0.39 is 0 Å². The van der Waals surface area contributed by atoms with Crippen LogP contribution in [0.1, 0.15) is 47.0 Å². The maximum Gasteiger partial charge on any atom is 0.325 e. The van der Waals surface area contributed by atoms with Crippen LogP contribution in [0.5, 0.6) is 0 Å². The molecular weight excluding hydrogens is 242 g/mol. The van der Waals surface area contributed by atoms with Crippen LogP contribution in [0.3, 0.4) is 0 Å². The fraction of sp³-hybridized carbons (Fsp3) is 0.867. The Labute approximate surface area is 116 Å². The molecule has 1 unspecified atom stereocenters. The van der Waals surface area contributed by atoms with Crippen molar-refractivity contribution >= 4 is 11.9 Å². The first kappa shape index (κ1) is 16.0. The van der Waals surface area contributed by atoms with Crippen molar-refractivity contribution in [3.8, 4) is 0 Å². The minimum Gasteiger partial charge on any atom is -0.465 e. The van der Waals surface area contributed by atoms with Gasteiger partial charge in [-0.1, -0.05) is 27.2 Å². The first-order valence-electron chi connectivity index (χ1n) is 7.39. The van der Waals surface area contributed by atoms with Crippen LogP contribution in [0.25, 0.3) is 0 Å². The molecular formula is C15H27NO3. The summed E-state index contributed by atoms with van der Waals surface area (Å²) < 4.78 is 4.82. The number of ether oxygens (including phenoxy) is 1. The predicted molar refractivity (Wildman–Crippen MR) is 74.5 cm³/mol. The standard InChI is InChI=1S/C15H27NO3/c1-5-19-14(17)9-16-15(18)13-8-11(4)6-7-12(13)10(2)3/h10-13H,5-9H2,1-4H3,(H,16,18)/t11-,12?,13-/m1/s1. The average Bonchev–Trinajstić information content (AvgIpc) is 2.35. The fourth-order valence-corrected chi connectivity index (χ4v) is 3.01. The Morgan fingerprint density at radius 3 is 2.58 bits per heavy atom. The van der Waals surface area contributed by atoms with Gasteiger partial charge in [0.25, 0.3) is 0 Å². The second-order valence-corrected chi connectivity index (χ2v) is 5.96. The largest absolute Gasteiger partial charge is 0.465 e. The van der Waals surface area contributed by atoms with Gasteiger partial charge in [0.05, 0.1) is 6.61 Å². The van der Waals surface area contributed by atoms with E-state index in [4.69, 9.17) is 4.74 Å². The molecule has 1 aliphatic rings. The van der Waals surface area contributed by atoms with Crippen LogP contribution in [-0.4, -0.2) is 25.0 Å². The Kier molecular flexibility index (Phi) is 6.32. The van der Waals surface area contributed by atoms with Crippen LogP contribution in [0.15, 0.2) is 0 Å². The number of hydrogen-bond acceptors (Lipinski definition) is 3. The van der Waals surface area contributed by atoms with Crippen LogP contribution < -0.4 is 5.32 Å². The molecule has 4 heteroatoms. The number of rotatable bonds is 5. The van der Waals surface area contributed by atoms with Crippen molar-refractivity contribution < 1.29 is 14.3 Å². The van der Waals surface area contributed by atoms with E-state index in [1.165, 1.54) is 6.42 Å². The van der Waals surface area contributed by atoms with E-state index in [2.05, 4.69) is 26.1 Å². The van der Waals surface area contributed by atoms with Crippen LogP contribution in [-0.2, 0) is 14.3 Å². The molecule has 0 aromatic carbocycles. The van der Waals surface area contributed by atoms with Gasteiger partial charge in [0.1, 0.15) is 6.54 Å². The number of carbonyl (C=O) groups excluding carboxylic acids is 2. The Hall–Kier alpha value is -1.06.